The molecule has 11 rings (SSSR count). The maximum Gasteiger partial charge on any atom is 0.135 e. The van der Waals surface area contributed by atoms with Crippen LogP contribution in [0, 0.1) is 0 Å². The van der Waals surface area contributed by atoms with Crippen molar-refractivity contribution in [1.82, 2.24) is 4.57 Å². The van der Waals surface area contributed by atoms with Crippen LogP contribution in [0.25, 0.3) is 105 Å². The summed E-state index contributed by atoms with van der Waals surface area (Å²) in [6, 6.07) is 72.5. The maximum atomic E-state index is 6.28. The Hall–Kier alpha value is -7.16. The Bertz CT molecular complexity index is 3150. The zero-order valence-electron chi connectivity index (χ0n) is 29.4. The second-order valence-electron chi connectivity index (χ2n) is 14.1. The molecule has 252 valence electrons. The van der Waals surface area contributed by atoms with Crippen molar-refractivity contribution in [2.24, 2.45) is 0 Å². The van der Waals surface area contributed by atoms with Crippen molar-refractivity contribution < 1.29 is 4.42 Å². The average molecular weight is 688 g/mol. The molecular formula is C52H33NO. The van der Waals surface area contributed by atoms with Gasteiger partial charge in [0.2, 0.25) is 0 Å². The van der Waals surface area contributed by atoms with E-state index in [-0.39, 0.29) is 0 Å². The quantitative estimate of drug-likeness (QED) is 0.165. The molecule has 0 spiro atoms. The van der Waals surface area contributed by atoms with Gasteiger partial charge in [-0.1, -0.05) is 152 Å². The normalized spacial score (nSPS) is 11.7. The fourth-order valence-electron chi connectivity index (χ4n) is 8.54. The second-order valence-corrected chi connectivity index (χ2v) is 14.1. The van der Waals surface area contributed by atoms with E-state index in [2.05, 4.69) is 193 Å². The topological polar surface area (TPSA) is 18.1 Å². The molecule has 9 aromatic carbocycles. The van der Waals surface area contributed by atoms with Gasteiger partial charge in [0.1, 0.15) is 11.2 Å². The molecule has 0 unspecified atom stereocenters. The number of furan rings is 1. The lowest BCUT2D eigenvalue weighted by molar-refractivity contribution is 0.669. The zero-order chi connectivity index (χ0) is 35.6. The number of hydrogen-bond acceptors (Lipinski definition) is 1. The summed E-state index contributed by atoms with van der Waals surface area (Å²) in [6.45, 7) is 0. The molecule has 11 aromatic rings. The van der Waals surface area contributed by atoms with Crippen LogP contribution in [-0.4, -0.2) is 4.57 Å². The van der Waals surface area contributed by atoms with Gasteiger partial charge in [-0.15, -0.1) is 0 Å². The van der Waals surface area contributed by atoms with Crippen molar-refractivity contribution in [3.05, 3.63) is 200 Å². The van der Waals surface area contributed by atoms with Crippen LogP contribution >= 0.6 is 0 Å². The molecule has 0 fully saturated rings. The molecule has 2 aromatic heterocycles. The van der Waals surface area contributed by atoms with Crippen molar-refractivity contribution >= 4 is 54.3 Å². The lowest BCUT2D eigenvalue weighted by Crippen LogP contribution is -2.00. The number of aromatic nitrogens is 1. The van der Waals surface area contributed by atoms with Gasteiger partial charge in [-0.2, -0.15) is 0 Å². The Labute approximate surface area is 312 Å². The number of nitrogens with zero attached hydrogens (tertiary/aromatic N) is 1. The molecular weight excluding hydrogens is 655 g/mol. The summed E-state index contributed by atoms with van der Waals surface area (Å²) in [6.07, 6.45) is 0. The van der Waals surface area contributed by atoms with Gasteiger partial charge in [-0.25, -0.2) is 0 Å². The smallest absolute Gasteiger partial charge is 0.135 e. The summed E-state index contributed by atoms with van der Waals surface area (Å²) in [5.41, 5.74) is 12.4. The van der Waals surface area contributed by atoms with Crippen molar-refractivity contribution in [1.29, 1.82) is 0 Å². The molecule has 0 N–H and O–H groups in total. The van der Waals surface area contributed by atoms with Gasteiger partial charge in [0, 0.05) is 16.5 Å². The number of para-hydroxylation sites is 1. The molecule has 0 amide bonds. The highest BCUT2D eigenvalue weighted by molar-refractivity contribution is 6.23. The first-order valence-electron chi connectivity index (χ1n) is 18.5. The fourth-order valence-corrected chi connectivity index (χ4v) is 8.54. The van der Waals surface area contributed by atoms with Gasteiger partial charge in [-0.05, 0) is 114 Å². The Balaban J connectivity index is 1.25. The molecule has 2 heterocycles. The molecule has 0 saturated carbocycles. The summed E-state index contributed by atoms with van der Waals surface area (Å²) in [5.74, 6) is 0. The lowest BCUT2D eigenvalue weighted by Gasteiger charge is -2.20. The number of rotatable bonds is 5. The molecule has 54 heavy (non-hydrogen) atoms. The standard InChI is InChI=1S/C52H33NO/c1-3-14-35(15-4-1)47-28-29-48(36-16-5-2-6-17-36)53(47)40-26-27-44-46(33-40)52(38-24-23-34-13-7-8-18-37(34)31-38)43-21-10-9-20-42(43)51(44)39-25-30-50-45(32-39)41-19-11-12-22-49(41)54-50/h1-33H. The first-order chi connectivity index (χ1) is 26.8. The minimum Gasteiger partial charge on any atom is -0.456 e. The van der Waals surface area contributed by atoms with Crippen LogP contribution in [0.1, 0.15) is 0 Å². The third kappa shape index (κ3) is 4.81. The molecule has 0 bridgehead atoms. The Morgan fingerprint density at radius 1 is 0.296 bits per heavy atom. The van der Waals surface area contributed by atoms with Crippen LogP contribution in [0.15, 0.2) is 205 Å². The summed E-state index contributed by atoms with van der Waals surface area (Å²) in [5, 5.41) is 9.60. The zero-order valence-corrected chi connectivity index (χ0v) is 29.4. The molecule has 2 heteroatoms. The van der Waals surface area contributed by atoms with E-state index in [4.69, 9.17) is 4.42 Å². The molecule has 0 radical (unpaired) electrons. The molecule has 2 nitrogen and oxygen atoms in total. The van der Waals surface area contributed by atoms with Crippen molar-refractivity contribution in [2.75, 3.05) is 0 Å². The van der Waals surface area contributed by atoms with E-state index in [1.54, 1.807) is 0 Å². The van der Waals surface area contributed by atoms with Gasteiger partial charge in [0.05, 0.1) is 11.4 Å². The van der Waals surface area contributed by atoms with Gasteiger partial charge < -0.3 is 8.98 Å². The maximum absolute atomic E-state index is 6.28. The van der Waals surface area contributed by atoms with E-state index < -0.39 is 0 Å². The van der Waals surface area contributed by atoms with Gasteiger partial charge >= 0.3 is 0 Å². The first kappa shape index (κ1) is 30.5. The number of fused-ring (bicyclic) bond motifs is 6. The SMILES string of the molecule is c1ccc(-c2ccc(-c3ccccc3)n2-c2ccc3c(-c4ccc5oc6ccccc6c5c4)c4ccccc4c(-c4ccc5ccccc5c4)c3c2)cc1. The van der Waals surface area contributed by atoms with Gasteiger partial charge in [-0.3, -0.25) is 0 Å². The van der Waals surface area contributed by atoms with Crippen LogP contribution in [0.3, 0.4) is 0 Å². The highest BCUT2D eigenvalue weighted by Crippen LogP contribution is 2.46. The number of hydrogen-bond donors (Lipinski definition) is 0. The largest absolute Gasteiger partial charge is 0.456 e. The molecule has 0 aliphatic carbocycles. The van der Waals surface area contributed by atoms with Crippen LogP contribution in [-0.2, 0) is 0 Å². The van der Waals surface area contributed by atoms with Crippen LogP contribution in [0.5, 0.6) is 0 Å². The Kier molecular flexibility index (Phi) is 6.90. The Morgan fingerprint density at radius 3 is 1.56 bits per heavy atom. The van der Waals surface area contributed by atoms with Gasteiger partial charge in [0.15, 0.2) is 0 Å². The van der Waals surface area contributed by atoms with Gasteiger partial charge in [0.25, 0.3) is 0 Å². The molecule has 0 aliphatic heterocycles. The van der Waals surface area contributed by atoms with E-state index in [0.29, 0.717) is 0 Å². The fraction of sp³-hybridized carbons (Fsp3) is 0. The summed E-state index contributed by atoms with van der Waals surface area (Å²) < 4.78 is 8.70. The Morgan fingerprint density at radius 2 is 0.833 bits per heavy atom. The third-order valence-electron chi connectivity index (χ3n) is 11.0. The second kappa shape index (κ2) is 12.2. The first-order valence-corrected chi connectivity index (χ1v) is 18.5. The minimum absolute atomic E-state index is 0.901. The molecule has 0 atom stereocenters. The summed E-state index contributed by atoms with van der Waals surface area (Å²) in [7, 11) is 0. The predicted octanol–water partition coefficient (Wildman–Crippen LogP) is 14.5. The van der Waals surface area contributed by atoms with Crippen molar-refractivity contribution in [3.63, 3.8) is 0 Å². The average Bonchev–Trinajstić information content (AvgIpc) is 3.85. The minimum atomic E-state index is 0.901. The third-order valence-corrected chi connectivity index (χ3v) is 11.0. The van der Waals surface area contributed by atoms with E-state index >= 15 is 0 Å². The molecule has 0 aliphatic rings. The van der Waals surface area contributed by atoms with E-state index in [1.807, 2.05) is 12.1 Å². The van der Waals surface area contributed by atoms with Crippen molar-refractivity contribution in [2.45, 2.75) is 0 Å². The predicted molar refractivity (Wildman–Crippen MR) is 227 cm³/mol. The monoisotopic (exact) mass is 687 g/mol. The summed E-state index contributed by atoms with van der Waals surface area (Å²) >= 11 is 0. The lowest BCUT2D eigenvalue weighted by atomic mass is 9.85. The summed E-state index contributed by atoms with van der Waals surface area (Å²) in [4.78, 5) is 0. The molecule has 0 saturated heterocycles. The van der Waals surface area contributed by atoms with Crippen LogP contribution < -0.4 is 0 Å². The van der Waals surface area contributed by atoms with E-state index in [0.717, 1.165) is 39.0 Å². The highest BCUT2D eigenvalue weighted by atomic mass is 16.3. The van der Waals surface area contributed by atoms with E-state index in [1.165, 1.54) is 65.7 Å². The number of benzene rings is 9. The van der Waals surface area contributed by atoms with E-state index in [9.17, 15) is 0 Å². The highest BCUT2D eigenvalue weighted by Gasteiger charge is 2.21. The van der Waals surface area contributed by atoms with Crippen molar-refractivity contribution in [3.8, 4) is 50.5 Å². The van der Waals surface area contributed by atoms with Crippen LogP contribution in [0.4, 0.5) is 0 Å². The van der Waals surface area contributed by atoms with Crippen LogP contribution in [0.2, 0.25) is 0 Å².